The molecule has 6 atom stereocenters. The van der Waals surface area contributed by atoms with Gasteiger partial charge in [-0.1, -0.05) is 50.1 Å². The number of H-pyrrole nitrogens is 2. The van der Waals surface area contributed by atoms with Gasteiger partial charge in [-0.05, 0) is 31.5 Å². The third kappa shape index (κ3) is 4.85. The topological polar surface area (TPSA) is 202 Å². The Morgan fingerprint density at radius 3 is 2.48 bits per heavy atom. The molecule has 13 heteroatoms. The van der Waals surface area contributed by atoms with Gasteiger partial charge in [-0.15, -0.1) is 0 Å². The Morgan fingerprint density at radius 2 is 1.82 bits per heavy atom. The average molecular weight is 608 g/mol. The second kappa shape index (κ2) is 11.7. The first kappa shape index (κ1) is 31.3. The van der Waals surface area contributed by atoms with Crippen molar-refractivity contribution in [2.24, 2.45) is 5.73 Å². The number of nitrogens with zero attached hydrogens (tertiary/aromatic N) is 2. The molecule has 0 spiro atoms. The normalized spacial score (nSPS) is 27.4. The van der Waals surface area contributed by atoms with Crippen LogP contribution >= 0.6 is 0 Å². The van der Waals surface area contributed by atoms with Crippen LogP contribution in [0.15, 0.2) is 54.7 Å². The summed E-state index contributed by atoms with van der Waals surface area (Å²) in [6, 6.07) is 11.3. The van der Waals surface area contributed by atoms with E-state index in [2.05, 4.69) is 25.6 Å². The van der Waals surface area contributed by atoms with E-state index in [0.717, 1.165) is 5.52 Å². The summed E-state index contributed by atoms with van der Waals surface area (Å²) in [5.74, 6) is -0.511. The number of carbonyl (C=O) groups is 2. The first-order chi connectivity index (χ1) is 20.9. The number of aliphatic hydroxyl groups is 3. The predicted molar refractivity (Wildman–Crippen MR) is 166 cm³/mol. The lowest BCUT2D eigenvalue weighted by molar-refractivity contribution is -0.199. The number of rotatable bonds is 10. The van der Waals surface area contributed by atoms with Crippen LogP contribution in [-0.4, -0.2) is 103 Å². The van der Waals surface area contributed by atoms with Gasteiger partial charge in [0.2, 0.25) is 5.95 Å². The van der Waals surface area contributed by atoms with Gasteiger partial charge in [0.25, 0.3) is 0 Å². The average Bonchev–Trinajstić information content (AvgIpc) is 3.65. The fourth-order valence-electron chi connectivity index (χ4n) is 6.59. The van der Waals surface area contributed by atoms with Gasteiger partial charge in [0.05, 0.1) is 34.8 Å². The SMILES string of the molecule is CCCC[C@@]1(O)[C@](NC(=O)N(C)C)([C@H](C)O)[C@@H](N)[C@H](Nc2nc3ccccc3[nH]2)[C@]1(O)COC(=O)c1c[nH]c2ccccc12. The number of para-hydroxylation sites is 3. The molecule has 1 aliphatic rings. The Labute approximate surface area is 254 Å². The number of carbonyl (C=O) groups excluding carboxylic acids is 2. The van der Waals surface area contributed by atoms with Gasteiger partial charge >= 0.3 is 12.0 Å². The summed E-state index contributed by atoms with van der Waals surface area (Å²) < 4.78 is 5.76. The van der Waals surface area contributed by atoms with Crippen LogP contribution in [0.1, 0.15) is 43.5 Å². The van der Waals surface area contributed by atoms with Crippen molar-refractivity contribution in [1.29, 1.82) is 0 Å². The number of esters is 1. The molecule has 0 radical (unpaired) electrons. The molecule has 236 valence electrons. The fourth-order valence-corrected chi connectivity index (χ4v) is 6.59. The Morgan fingerprint density at radius 1 is 1.14 bits per heavy atom. The smallest absolute Gasteiger partial charge is 0.340 e. The lowest BCUT2D eigenvalue weighted by Gasteiger charge is -2.50. The largest absolute Gasteiger partial charge is 0.459 e. The molecular weight excluding hydrogens is 566 g/mol. The summed E-state index contributed by atoms with van der Waals surface area (Å²) in [6.07, 6.45) is 0.979. The number of ether oxygens (including phenoxy) is 1. The number of fused-ring (bicyclic) bond motifs is 2. The van der Waals surface area contributed by atoms with Crippen LogP contribution in [-0.2, 0) is 4.74 Å². The number of imidazole rings is 1. The van der Waals surface area contributed by atoms with E-state index in [-0.39, 0.29) is 17.9 Å². The first-order valence-electron chi connectivity index (χ1n) is 14.7. The van der Waals surface area contributed by atoms with E-state index in [9.17, 15) is 24.9 Å². The summed E-state index contributed by atoms with van der Waals surface area (Å²) in [5.41, 5.74) is 2.58. The van der Waals surface area contributed by atoms with Crippen molar-refractivity contribution in [2.75, 3.05) is 26.0 Å². The summed E-state index contributed by atoms with van der Waals surface area (Å²) in [6.45, 7) is 2.58. The molecule has 1 fully saturated rings. The number of amides is 2. The van der Waals surface area contributed by atoms with Crippen LogP contribution in [0.5, 0.6) is 0 Å². The minimum Gasteiger partial charge on any atom is -0.459 e. The number of aromatic nitrogens is 3. The van der Waals surface area contributed by atoms with Gasteiger partial charge in [-0.3, -0.25) is 0 Å². The van der Waals surface area contributed by atoms with E-state index in [1.165, 1.54) is 32.1 Å². The van der Waals surface area contributed by atoms with Crippen LogP contribution in [0.25, 0.3) is 21.9 Å². The first-order valence-corrected chi connectivity index (χ1v) is 14.7. The molecule has 2 amide bonds. The van der Waals surface area contributed by atoms with Crippen LogP contribution in [0.2, 0.25) is 0 Å². The molecule has 1 aliphatic carbocycles. The number of aromatic amines is 2. The molecule has 0 aliphatic heterocycles. The van der Waals surface area contributed by atoms with Gasteiger partial charge in [0.15, 0.2) is 5.60 Å². The minimum absolute atomic E-state index is 0.0880. The van der Waals surface area contributed by atoms with Crippen LogP contribution in [0.3, 0.4) is 0 Å². The molecule has 5 rings (SSSR count). The van der Waals surface area contributed by atoms with E-state index in [4.69, 9.17) is 10.5 Å². The highest BCUT2D eigenvalue weighted by atomic mass is 16.5. The maximum atomic E-state index is 13.4. The van der Waals surface area contributed by atoms with Crippen molar-refractivity contribution in [3.63, 3.8) is 0 Å². The number of hydrogen-bond donors (Lipinski definition) is 8. The van der Waals surface area contributed by atoms with Gasteiger partial charge in [-0.25, -0.2) is 14.6 Å². The lowest BCUT2D eigenvalue weighted by atomic mass is 9.69. The van der Waals surface area contributed by atoms with Gasteiger partial charge in [0, 0.05) is 31.2 Å². The van der Waals surface area contributed by atoms with Gasteiger partial charge in [0.1, 0.15) is 17.7 Å². The second-order valence-corrected chi connectivity index (χ2v) is 11.8. The standard InChI is InChI=1S/C31H41N7O6/c1-5-6-15-30(43)29(42,17-44-26(40)20-16-33-21-12-8-7-11-19(20)21)25(36-27-34-22-13-9-10-14-23(22)35-27)24(32)31(30,18(2)39)37-28(41)38(3)4/h7-14,16,18,24-25,33,39,42-43H,5-6,15,17,32H2,1-4H3,(H,37,41)(H2,34,35,36)/t18-,24-,25-,29+,30-,31-/m0/s1. The number of urea groups is 1. The molecule has 13 nitrogen and oxygen atoms in total. The summed E-state index contributed by atoms with van der Waals surface area (Å²) in [5, 5.41) is 43.3. The maximum absolute atomic E-state index is 13.4. The quantitative estimate of drug-likeness (QED) is 0.124. The highest BCUT2D eigenvalue weighted by Crippen LogP contribution is 2.52. The molecule has 1 saturated carbocycles. The summed E-state index contributed by atoms with van der Waals surface area (Å²) in [7, 11) is 3.02. The number of anilines is 1. The molecule has 44 heavy (non-hydrogen) atoms. The minimum atomic E-state index is -2.33. The number of hydrogen-bond acceptors (Lipinski definition) is 9. The zero-order valence-electron chi connectivity index (χ0n) is 25.3. The van der Waals surface area contributed by atoms with E-state index < -0.39 is 53.5 Å². The second-order valence-electron chi connectivity index (χ2n) is 11.8. The highest BCUT2D eigenvalue weighted by Gasteiger charge is 2.77. The molecular formula is C31H41N7O6. The Bertz CT molecular complexity index is 1620. The fraction of sp³-hybridized carbons (Fsp3) is 0.452. The van der Waals surface area contributed by atoms with Crippen LogP contribution < -0.4 is 16.4 Å². The Balaban J connectivity index is 1.62. The molecule has 0 unspecified atom stereocenters. The van der Waals surface area contributed by atoms with Crippen molar-refractivity contribution in [1.82, 2.24) is 25.2 Å². The molecule has 0 saturated heterocycles. The van der Waals surface area contributed by atoms with E-state index in [0.29, 0.717) is 29.3 Å². The van der Waals surface area contributed by atoms with E-state index >= 15 is 0 Å². The number of nitrogens with two attached hydrogens (primary N) is 1. The summed E-state index contributed by atoms with van der Waals surface area (Å²) >= 11 is 0. The van der Waals surface area contributed by atoms with Gasteiger partial charge < -0.3 is 51.3 Å². The Kier molecular flexibility index (Phi) is 8.33. The van der Waals surface area contributed by atoms with Gasteiger partial charge in [-0.2, -0.15) is 0 Å². The molecule has 2 aromatic heterocycles. The van der Waals surface area contributed by atoms with Crippen molar-refractivity contribution in [3.8, 4) is 0 Å². The summed E-state index contributed by atoms with van der Waals surface area (Å²) in [4.78, 5) is 38.6. The predicted octanol–water partition coefficient (Wildman–Crippen LogP) is 2.07. The highest BCUT2D eigenvalue weighted by molar-refractivity contribution is 6.04. The van der Waals surface area contributed by atoms with Crippen molar-refractivity contribution in [2.45, 2.75) is 68.0 Å². The lowest BCUT2D eigenvalue weighted by Crippen LogP contribution is -2.77. The molecule has 2 aromatic carbocycles. The number of nitrogens with one attached hydrogen (secondary N) is 4. The molecule has 2 heterocycles. The zero-order chi connectivity index (χ0) is 31.9. The van der Waals surface area contributed by atoms with E-state index in [1.54, 1.807) is 18.2 Å². The molecule has 9 N–H and O–H groups in total. The third-order valence-corrected chi connectivity index (χ3v) is 8.99. The molecule has 0 bridgehead atoms. The van der Waals surface area contributed by atoms with Crippen LogP contribution in [0, 0.1) is 0 Å². The monoisotopic (exact) mass is 607 g/mol. The number of aliphatic hydroxyl groups excluding tert-OH is 1. The zero-order valence-corrected chi connectivity index (χ0v) is 25.3. The van der Waals surface area contributed by atoms with Crippen molar-refractivity contribution < 1.29 is 29.6 Å². The number of benzene rings is 2. The van der Waals surface area contributed by atoms with Crippen molar-refractivity contribution in [3.05, 3.63) is 60.3 Å². The number of unbranched alkanes of at least 4 members (excludes halogenated alkanes) is 1. The van der Waals surface area contributed by atoms with Crippen LogP contribution in [0.4, 0.5) is 10.7 Å². The van der Waals surface area contributed by atoms with E-state index in [1.807, 2.05) is 37.3 Å². The maximum Gasteiger partial charge on any atom is 0.340 e. The van der Waals surface area contributed by atoms with Crippen molar-refractivity contribution >= 4 is 39.9 Å². The Hall–Kier alpha value is -4.17. The third-order valence-electron chi connectivity index (χ3n) is 8.99. The molecule has 4 aromatic rings.